The van der Waals surface area contributed by atoms with Gasteiger partial charge in [0.1, 0.15) is 0 Å². The van der Waals surface area contributed by atoms with Crippen molar-refractivity contribution in [1.82, 2.24) is 4.90 Å². The van der Waals surface area contributed by atoms with Gasteiger partial charge in [-0.25, -0.2) is 0 Å². The van der Waals surface area contributed by atoms with Crippen LogP contribution < -0.4 is 0 Å². The van der Waals surface area contributed by atoms with Crippen LogP contribution in [-0.4, -0.2) is 58.7 Å². The number of aliphatic hydroxyl groups is 3. The van der Waals surface area contributed by atoms with Crippen LogP contribution >= 0.6 is 0 Å². The second kappa shape index (κ2) is 21.0. The van der Waals surface area contributed by atoms with Crippen LogP contribution in [0.15, 0.2) is 24.3 Å². The van der Waals surface area contributed by atoms with E-state index in [0.29, 0.717) is 19.6 Å². The molecule has 0 aromatic carbocycles. The van der Waals surface area contributed by atoms with Crippen molar-refractivity contribution >= 4 is 0 Å². The highest BCUT2D eigenvalue weighted by Crippen LogP contribution is 2.07. The molecule has 0 aliphatic heterocycles. The quantitative estimate of drug-likeness (QED) is 0.203. The average Bonchev–Trinajstić information content (AvgIpc) is 2.66. The number of allylic oxidation sites excluding steroid dienone is 2. The first-order valence-electron chi connectivity index (χ1n) is 11.7. The summed E-state index contributed by atoms with van der Waals surface area (Å²) in [5.41, 5.74) is 0. The minimum atomic E-state index is -0.558. The first-order valence-corrected chi connectivity index (χ1v) is 11.7. The number of nitrogens with zero attached hydrogens (tertiary/aromatic N) is 1. The molecule has 0 rings (SSSR count). The van der Waals surface area contributed by atoms with Gasteiger partial charge in [-0.3, -0.25) is 4.90 Å². The van der Waals surface area contributed by atoms with Gasteiger partial charge in [0.05, 0.1) is 18.8 Å². The van der Waals surface area contributed by atoms with Crippen LogP contribution in [-0.2, 0) is 0 Å². The largest absolute Gasteiger partial charge is 0.395 e. The van der Waals surface area contributed by atoms with E-state index in [1.807, 2.05) is 17.1 Å². The number of rotatable bonds is 20. The molecule has 28 heavy (non-hydrogen) atoms. The second-order valence-electron chi connectivity index (χ2n) is 7.88. The number of hydrogen-bond acceptors (Lipinski definition) is 4. The van der Waals surface area contributed by atoms with Crippen molar-refractivity contribution in [2.45, 2.75) is 103 Å². The molecule has 0 bridgehead atoms. The van der Waals surface area contributed by atoms with Gasteiger partial charge in [0, 0.05) is 19.6 Å². The predicted octanol–water partition coefficient (Wildman–Crippen LogP) is 4.84. The number of hydrogen-bond donors (Lipinski definition) is 3. The smallest absolute Gasteiger partial charge is 0.0847 e. The minimum absolute atomic E-state index is 0.0295. The van der Waals surface area contributed by atoms with E-state index < -0.39 is 12.2 Å². The van der Waals surface area contributed by atoms with Crippen molar-refractivity contribution < 1.29 is 15.3 Å². The number of unbranched alkanes of at least 4 members (excludes halogenated alkanes) is 10. The van der Waals surface area contributed by atoms with Crippen LogP contribution in [0.4, 0.5) is 0 Å². The zero-order chi connectivity index (χ0) is 20.9. The standard InChI is InChI=1S/C24H47NO3/c1-3-5-7-9-11-13-15-17-23(27)21-25(19-20-26)22-24(28)18-16-14-12-10-8-6-4-2/h15-18,23-24,26-28H,3-14,19-22H2,1-2H3/b17-15+,18-16+. The Labute approximate surface area is 174 Å². The van der Waals surface area contributed by atoms with Gasteiger partial charge in [0.25, 0.3) is 0 Å². The Hall–Kier alpha value is -0.680. The molecule has 0 spiro atoms. The van der Waals surface area contributed by atoms with E-state index >= 15 is 0 Å². The molecule has 0 amide bonds. The van der Waals surface area contributed by atoms with E-state index in [9.17, 15) is 15.3 Å². The first-order chi connectivity index (χ1) is 13.6. The first kappa shape index (κ1) is 27.3. The highest BCUT2D eigenvalue weighted by molar-refractivity contribution is 4.93. The van der Waals surface area contributed by atoms with Crippen molar-refractivity contribution in [2.24, 2.45) is 0 Å². The fourth-order valence-corrected chi connectivity index (χ4v) is 3.29. The van der Waals surface area contributed by atoms with E-state index in [1.165, 1.54) is 64.2 Å². The molecule has 0 aromatic heterocycles. The monoisotopic (exact) mass is 397 g/mol. The molecule has 0 saturated carbocycles. The molecular formula is C24H47NO3. The third kappa shape index (κ3) is 18.7. The maximum Gasteiger partial charge on any atom is 0.0847 e. The van der Waals surface area contributed by atoms with E-state index in [4.69, 9.17) is 0 Å². The molecule has 0 saturated heterocycles. The fraction of sp³-hybridized carbons (Fsp3) is 0.833. The molecule has 4 nitrogen and oxygen atoms in total. The minimum Gasteiger partial charge on any atom is -0.395 e. The summed E-state index contributed by atoms with van der Waals surface area (Å²) in [5, 5.41) is 29.7. The summed E-state index contributed by atoms with van der Waals surface area (Å²) in [4.78, 5) is 1.92. The van der Waals surface area contributed by atoms with E-state index in [1.54, 1.807) is 0 Å². The van der Waals surface area contributed by atoms with Crippen molar-refractivity contribution in [3.63, 3.8) is 0 Å². The lowest BCUT2D eigenvalue weighted by atomic mass is 10.1. The van der Waals surface area contributed by atoms with Crippen LogP contribution in [0.1, 0.15) is 90.9 Å². The van der Waals surface area contributed by atoms with Crippen LogP contribution in [0.5, 0.6) is 0 Å². The lowest BCUT2D eigenvalue weighted by Crippen LogP contribution is -2.38. The number of aliphatic hydroxyl groups excluding tert-OH is 3. The molecule has 0 aliphatic carbocycles. The molecule has 0 aliphatic rings. The molecule has 0 radical (unpaired) electrons. The van der Waals surface area contributed by atoms with E-state index in [2.05, 4.69) is 26.0 Å². The van der Waals surface area contributed by atoms with Gasteiger partial charge < -0.3 is 15.3 Å². The Bertz CT molecular complexity index is 339. The highest BCUT2D eigenvalue weighted by atomic mass is 16.3. The maximum atomic E-state index is 10.2. The highest BCUT2D eigenvalue weighted by Gasteiger charge is 2.12. The molecule has 0 fully saturated rings. The zero-order valence-corrected chi connectivity index (χ0v) is 18.6. The normalized spacial score (nSPS) is 14.5. The van der Waals surface area contributed by atoms with Gasteiger partial charge in [-0.05, 0) is 25.7 Å². The van der Waals surface area contributed by atoms with Crippen LogP contribution in [0, 0.1) is 0 Å². The van der Waals surface area contributed by atoms with Gasteiger partial charge in [0.15, 0.2) is 0 Å². The van der Waals surface area contributed by atoms with Gasteiger partial charge in [-0.1, -0.05) is 89.5 Å². The molecule has 2 unspecified atom stereocenters. The molecular weight excluding hydrogens is 350 g/mol. The molecule has 4 heteroatoms. The zero-order valence-electron chi connectivity index (χ0n) is 18.6. The molecule has 3 N–H and O–H groups in total. The lowest BCUT2D eigenvalue weighted by molar-refractivity contribution is 0.0905. The van der Waals surface area contributed by atoms with E-state index in [-0.39, 0.29) is 6.61 Å². The Morgan fingerprint density at radius 3 is 1.50 bits per heavy atom. The third-order valence-corrected chi connectivity index (χ3v) is 4.97. The molecule has 0 heterocycles. The van der Waals surface area contributed by atoms with Crippen LogP contribution in [0.3, 0.4) is 0 Å². The summed E-state index contributed by atoms with van der Waals surface area (Å²) >= 11 is 0. The van der Waals surface area contributed by atoms with Crippen molar-refractivity contribution in [1.29, 1.82) is 0 Å². The Morgan fingerprint density at radius 1 is 0.679 bits per heavy atom. The summed E-state index contributed by atoms with van der Waals surface area (Å²) in [6.45, 7) is 5.81. The topological polar surface area (TPSA) is 63.9 Å². The third-order valence-electron chi connectivity index (χ3n) is 4.97. The molecule has 166 valence electrons. The fourth-order valence-electron chi connectivity index (χ4n) is 3.29. The van der Waals surface area contributed by atoms with Gasteiger partial charge in [-0.2, -0.15) is 0 Å². The lowest BCUT2D eigenvalue weighted by Gasteiger charge is -2.24. The van der Waals surface area contributed by atoms with Gasteiger partial charge >= 0.3 is 0 Å². The van der Waals surface area contributed by atoms with Gasteiger partial charge in [-0.15, -0.1) is 0 Å². The average molecular weight is 398 g/mol. The summed E-state index contributed by atoms with van der Waals surface area (Å²) in [6.07, 6.45) is 21.3. The van der Waals surface area contributed by atoms with E-state index in [0.717, 1.165) is 12.8 Å². The van der Waals surface area contributed by atoms with Crippen LogP contribution in [0.2, 0.25) is 0 Å². The molecule has 0 aromatic rings. The predicted molar refractivity (Wildman–Crippen MR) is 121 cm³/mol. The van der Waals surface area contributed by atoms with Gasteiger partial charge in [0.2, 0.25) is 0 Å². The summed E-state index contributed by atoms with van der Waals surface area (Å²) in [7, 11) is 0. The maximum absolute atomic E-state index is 10.2. The Balaban J connectivity index is 4.03. The Kier molecular flexibility index (Phi) is 20.5. The van der Waals surface area contributed by atoms with Crippen LogP contribution in [0.25, 0.3) is 0 Å². The molecule has 2 atom stereocenters. The van der Waals surface area contributed by atoms with Crippen molar-refractivity contribution in [3.05, 3.63) is 24.3 Å². The van der Waals surface area contributed by atoms with Crippen molar-refractivity contribution in [2.75, 3.05) is 26.2 Å². The summed E-state index contributed by atoms with van der Waals surface area (Å²) in [5.74, 6) is 0. The SMILES string of the molecule is CCCCCCC/C=C/C(O)CN(CCO)CC(O)/C=C/CCCCCCC. The van der Waals surface area contributed by atoms with Crippen molar-refractivity contribution in [3.8, 4) is 0 Å². The second-order valence-corrected chi connectivity index (χ2v) is 7.88. The summed E-state index contributed by atoms with van der Waals surface area (Å²) < 4.78 is 0. The Morgan fingerprint density at radius 2 is 1.11 bits per heavy atom. The summed E-state index contributed by atoms with van der Waals surface area (Å²) in [6, 6.07) is 0.